The molecule has 9 nitrogen and oxygen atoms in total. The number of fused-ring (bicyclic) bond motifs is 1. The molecule has 0 aliphatic carbocycles. The van der Waals surface area contributed by atoms with Gasteiger partial charge in [-0.3, -0.25) is 24.3 Å². The number of methoxy groups -OCH3 is 1. The zero-order valence-electron chi connectivity index (χ0n) is 17.2. The van der Waals surface area contributed by atoms with Crippen LogP contribution in [0.15, 0.2) is 59.7 Å². The average Bonchev–Trinajstić information content (AvgIpc) is 3.13. The molecular formula is C22H18N4O5S. The molecule has 32 heavy (non-hydrogen) atoms. The molecule has 1 N–H and O–H groups in total. The molecule has 0 saturated carbocycles. The van der Waals surface area contributed by atoms with Crippen molar-refractivity contribution >= 4 is 38.8 Å². The summed E-state index contributed by atoms with van der Waals surface area (Å²) in [7, 11) is 1.52. The number of carbonyl (C=O) groups excluding carboxylic acids is 1. The van der Waals surface area contributed by atoms with Crippen LogP contribution < -0.4 is 15.6 Å². The van der Waals surface area contributed by atoms with Crippen LogP contribution in [0.5, 0.6) is 5.75 Å². The fraction of sp³-hybridized carbons (Fsp3) is 0.136. The fourth-order valence-corrected chi connectivity index (χ4v) is 4.42. The van der Waals surface area contributed by atoms with E-state index in [1.54, 1.807) is 43.3 Å². The third-order valence-corrected chi connectivity index (χ3v) is 6.15. The molecule has 4 aromatic rings. The van der Waals surface area contributed by atoms with Crippen molar-refractivity contribution in [3.8, 4) is 5.75 Å². The zero-order chi connectivity index (χ0) is 22.8. The van der Waals surface area contributed by atoms with E-state index in [-0.39, 0.29) is 23.7 Å². The Kier molecular flexibility index (Phi) is 5.69. The van der Waals surface area contributed by atoms with Gasteiger partial charge < -0.3 is 10.1 Å². The van der Waals surface area contributed by atoms with Crippen LogP contribution >= 0.6 is 11.3 Å². The van der Waals surface area contributed by atoms with Gasteiger partial charge in [0.1, 0.15) is 10.6 Å². The van der Waals surface area contributed by atoms with Gasteiger partial charge in [0.25, 0.3) is 17.2 Å². The van der Waals surface area contributed by atoms with Crippen molar-refractivity contribution < 1.29 is 14.5 Å². The number of hydrogen-bond donors (Lipinski definition) is 1. The van der Waals surface area contributed by atoms with Crippen LogP contribution in [-0.2, 0) is 6.54 Å². The first kappa shape index (κ1) is 21.2. The first-order chi connectivity index (χ1) is 15.4. The molecule has 0 fully saturated rings. The van der Waals surface area contributed by atoms with Gasteiger partial charge in [-0.15, -0.1) is 11.3 Å². The number of non-ortho nitro benzene ring substituents is 1. The highest BCUT2D eigenvalue weighted by Crippen LogP contribution is 2.29. The van der Waals surface area contributed by atoms with E-state index in [9.17, 15) is 19.7 Å². The van der Waals surface area contributed by atoms with E-state index in [1.807, 2.05) is 0 Å². The Hall–Kier alpha value is -4.05. The Bertz CT molecular complexity index is 1410. The van der Waals surface area contributed by atoms with Crippen LogP contribution in [0.4, 0.5) is 11.4 Å². The van der Waals surface area contributed by atoms with Crippen molar-refractivity contribution in [1.29, 1.82) is 0 Å². The van der Waals surface area contributed by atoms with Gasteiger partial charge in [-0.25, -0.2) is 4.98 Å². The standard InChI is InChI=1S/C22H18N4O5S/c1-13-18-21(32-19(13)20(27)24-16-8-3-4-9-17(16)31-2)23-12-25(22(18)28)11-14-6-5-7-15(10-14)26(29)30/h3-10,12H,11H2,1-2H3,(H,24,27). The first-order valence-corrected chi connectivity index (χ1v) is 10.4. The molecular weight excluding hydrogens is 432 g/mol. The van der Waals surface area contributed by atoms with Crippen molar-refractivity contribution in [3.05, 3.63) is 91.3 Å². The normalized spacial score (nSPS) is 10.8. The van der Waals surface area contributed by atoms with Crippen molar-refractivity contribution in [3.63, 3.8) is 0 Å². The summed E-state index contributed by atoms with van der Waals surface area (Å²) in [5, 5.41) is 14.2. The highest BCUT2D eigenvalue weighted by molar-refractivity contribution is 7.20. The summed E-state index contributed by atoms with van der Waals surface area (Å²) >= 11 is 1.13. The number of nitrogens with zero attached hydrogens (tertiary/aromatic N) is 3. The van der Waals surface area contributed by atoms with Gasteiger partial charge in [-0.05, 0) is 30.2 Å². The zero-order valence-corrected chi connectivity index (χ0v) is 18.0. The number of para-hydroxylation sites is 2. The van der Waals surface area contributed by atoms with Crippen molar-refractivity contribution in [2.24, 2.45) is 0 Å². The van der Waals surface area contributed by atoms with E-state index in [4.69, 9.17) is 4.74 Å². The summed E-state index contributed by atoms with van der Waals surface area (Å²) in [6.07, 6.45) is 1.39. The third-order valence-electron chi connectivity index (χ3n) is 4.95. The minimum Gasteiger partial charge on any atom is -0.495 e. The van der Waals surface area contributed by atoms with Gasteiger partial charge in [0.15, 0.2) is 0 Å². The van der Waals surface area contributed by atoms with E-state index < -0.39 is 4.92 Å². The Morgan fingerprint density at radius 2 is 2.03 bits per heavy atom. The number of thiophene rings is 1. The number of anilines is 1. The highest BCUT2D eigenvalue weighted by atomic mass is 32.1. The van der Waals surface area contributed by atoms with E-state index in [0.29, 0.717) is 37.7 Å². The maximum atomic E-state index is 13.1. The quantitative estimate of drug-likeness (QED) is 0.351. The highest BCUT2D eigenvalue weighted by Gasteiger charge is 2.20. The second kappa shape index (κ2) is 8.60. The second-order valence-corrected chi connectivity index (χ2v) is 7.99. The summed E-state index contributed by atoms with van der Waals surface area (Å²) in [5.41, 5.74) is 1.29. The van der Waals surface area contributed by atoms with Crippen LogP contribution in [0.1, 0.15) is 20.8 Å². The number of aromatic nitrogens is 2. The number of amides is 1. The lowest BCUT2D eigenvalue weighted by molar-refractivity contribution is -0.384. The molecule has 4 rings (SSSR count). The van der Waals surface area contributed by atoms with Gasteiger partial charge in [0, 0.05) is 12.1 Å². The van der Waals surface area contributed by atoms with Crippen molar-refractivity contribution in [2.75, 3.05) is 12.4 Å². The summed E-state index contributed by atoms with van der Waals surface area (Å²) in [6, 6.07) is 13.1. The molecule has 0 saturated heterocycles. The molecule has 162 valence electrons. The first-order valence-electron chi connectivity index (χ1n) is 9.55. The largest absolute Gasteiger partial charge is 0.495 e. The number of benzene rings is 2. The van der Waals surface area contributed by atoms with Gasteiger partial charge in [0.05, 0.1) is 40.9 Å². The minimum atomic E-state index is -0.483. The Balaban J connectivity index is 1.68. The molecule has 0 radical (unpaired) electrons. The number of aryl methyl sites for hydroxylation is 1. The lowest BCUT2D eigenvalue weighted by Crippen LogP contribution is -2.21. The van der Waals surface area contributed by atoms with E-state index >= 15 is 0 Å². The SMILES string of the molecule is COc1ccccc1NC(=O)c1sc2ncn(Cc3cccc([N+](=O)[O-])c3)c(=O)c2c1C. The fourth-order valence-electron chi connectivity index (χ4n) is 3.38. The molecule has 0 aliphatic heterocycles. The monoisotopic (exact) mass is 450 g/mol. The molecule has 0 spiro atoms. The number of nitro benzene ring substituents is 1. The predicted molar refractivity (Wildman–Crippen MR) is 122 cm³/mol. The van der Waals surface area contributed by atoms with Gasteiger partial charge in [0.2, 0.25) is 0 Å². The smallest absolute Gasteiger partial charge is 0.269 e. The maximum absolute atomic E-state index is 13.1. The number of hydrogen-bond acceptors (Lipinski definition) is 7. The van der Waals surface area contributed by atoms with Gasteiger partial charge in [-0.1, -0.05) is 24.3 Å². The van der Waals surface area contributed by atoms with Crippen LogP contribution in [-0.4, -0.2) is 27.5 Å². The molecule has 1 amide bonds. The Morgan fingerprint density at radius 1 is 1.25 bits per heavy atom. The summed E-state index contributed by atoms with van der Waals surface area (Å²) in [5.74, 6) is 0.164. The third kappa shape index (κ3) is 3.95. The summed E-state index contributed by atoms with van der Waals surface area (Å²) < 4.78 is 6.64. The summed E-state index contributed by atoms with van der Waals surface area (Å²) in [4.78, 5) is 41.7. The molecule has 0 aliphatic rings. The van der Waals surface area contributed by atoms with Gasteiger partial charge in [-0.2, -0.15) is 0 Å². The maximum Gasteiger partial charge on any atom is 0.269 e. The minimum absolute atomic E-state index is 0.0494. The van der Waals surface area contributed by atoms with Crippen LogP contribution in [0.2, 0.25) is 0 Å². The Labute approximate surface area is 186 Å². The van der Waals surface area contributed by atoms with Crippen LogP contribution in [0.25, 0.3) is 10.2 Å². The summed E-state index contributed by atoms with van der Waals surface area (Å²) in [6.45, 7) is 1.83. The predicted octanol–water partition coefficient (Wildman–Crippen LogP) is 3.98. The van der Waals surface area contributed by atoms with Crippen molar-refractivity contribution in [2.45, 2.75) is 13.5 Å². The molecule has 2 heterocycles. The number of nitrogens with one attached hydrogen (secondary N) is 1. The van der Waals surface area contributed by atoms with E-state index in [0.717, 1.165) is 11.3 Å². The molecule has 2 aromatic carbocycles. The lowest BCUT2D eigenvalue weighted by atomic mass is 10.2. The molecule has 2 aromatic heterocycles. The van der Waals surface area contributed by atoms with Crippen LogP contribution in [0.3, 0.4) is 0 Å². The number of nitro groups is 1. The van der Waals surface area contributed by atoms with E-state index in [1.165, 1.54) is 30.1 Å². The number of rotatable bonds is 6. The number of ether oxygens (including phenoxy) is 1. The van der Waals surface area contributed by atoms with E-state index in [2.05, 4.69) is 10.3 Å². The Morgan fingerprint density at radius 3 is 2.78 bits per heavy atom. The molecule has 0 unspecified atom stereocenters. The topological polar surface area (TPSA) is 116 Å². The lowest BCUT2D eigenvalue weighted by Gasteiger charge is -2.09. The molecule has 0 atom stereocenters. The van der Waals surface area contributed by atoms with Gasteiger partial charge >= 0.3 is 0 Å². The van der Waals surface area contributed by atoms with Crippen LogP contribution in [0, 0.1) is 17.0 Å². The average molecular weight is 450 g/mol. The second-order valence-electron chi connectivity index (χ2n) is 7.00. The number of carbonyl (C=O) groups is 1. The molecule has 0 bridgehead atoms. The molecule has 10 heteroatoms. The van der Waals surface area contributed by atoms with Crippen molar-refractivity contribution in [1.82, 2.24) is 9.55 Å².